The number of halogens is 2. The van der Waals surface area contributed by atoms with E-state index in [1.165, 1.54) is 6.07 Å². The van der Waals surface area contributed by atoms with Crippen LogP contribution in [-0.4, -0.2) is 16.5 Å². The molecule has 5 heteroatoms. The Hall–Kier alpha value is -1.20. The van der Waals surface area contributed by atoms with Crippen molar-refractivity contribution in [2.45, 2.75) is 25.8 Å². The van der Waals surface area contributed by atoms with Crippen LogP contribution in [-0.2, 0) is 6.42 Å². The van der Waals surface area contributed by atoms with E-state index >= 15 is 0 Å². The van der Waals surface area contributed by atoms with Crippen LogP contribution in [0.15, 0.2) is 35.1 Å². The molecule has 0 aliphatic carbocycles. The number of aromatic amines is 1. The molecular weight excluding hydrogens is 309 g/mol. The fourth-order valence-electron chi connectivity index (χ4n) is 1.96. The molecule has 19 heavy (non-hydrogen) atoms. The van der Waals surface area contributed by atoms with Gasteiger partial charge in [-0.2, -0.15) is 0 Å². The maximum Gasteiger partial charge on any atom is 0.127 e. The third-order valence-corrected chi connectivity index (χ3v) is 3.42. The fourth-order valence-corrected chi connectivity index (χ4v) is 2.29. The number of hydrogen-bond acceptors (Lipinski definition) is 2. The summed E-state index contributed by atoms with van der Waals surface area (Å²) in [6.45, 7) is 2.98. The number of aromatic nitrogens is 2. The molecule has 102 valence electrons. The van der Waals surface area contributed by atoms with Crippen LogP contribution in [0, 0.1) is 5.82 Å². The predicted octanol–water partition coefficient (Wildman–Crippen LogP) is 3.59. The van der Waals surface area contributed by atoms with Crippen LogP contribution >= 0.6 is 15.9 Å². The molecule has 3 nitrogen and oxygen atoms in total. The molecule has 2 N–H and O–H groups in total. The first kappa shape index (κ1) is 14.2. The van der Waals surface area contributed by atoms with Crippen molar-refractivity contribution in [1.82, 2.24) is 15.3 Å². The van der Waals surface area contributed by atoms with Gasteiger partial charge >= 0.3 is 0 Å². The van der Waals surface area contributed by atoms with Crippen LogP contribution in [0.2, 0.25) is 0 Å². The highest BCUT2D eigenvalue weighted by Gasteiger charge is 2.16. The average Bonchev–Trinajstić information content (AvgIpc) is 2.90. The molecular formula is C14H17BrFN3. The first-order valence-corrected chi connectivity index (χ1v) is 7.16. The molecule has 0 saturated heterocycles. The molecule has 0 aliphatic heterocycles. The van der Waals surface area contributed by atoms with Gasteiger partial charge in [-0.1, -0.05) is 28.9 Å². The summed E-state index contributed by atoms with van der Waals surface area (Å²) in [4.78, 5) is 7.36. The molecule has 1 unspecified atom stereocenters. The molecule has 0 radical (unpaired) electrons. The Morgan fingerprint density at radius 1 is 1.47 bits per heavy atom. The van der Waals surface area contributed by atoms with Crippen molar-refractivity contribution in [3.8, 4) is 0 Å². The van der Waals surface area contributed by atoms with Gasteiger partial charge < -0.3 is 10.3 Å². The maximum absolute atomic E-state index is 13.9. The van der Waals surface area contributed by atoms with Crippen LogP contribution in [0.25, 0.3) is 0 Å². The quantitative estimate of drug-likeness (QED) is 0.852. The molecule has 1 aromatic carbocycles. The fraction of sp³-hybridized carbons (Fsp3) is 0.357. The summed E-state index contributed by atoms with van der Waals surface area (Å²) in [5, 5.41) is 3.39. The highest BCUT2D eigenvalue weighted by atomic mass is 79.9. The number of benzene rings is 1. The monoisotopic (exact) mass is 325 g/mol. The number of hydrogen-bond donors (Lipinski definition) is 2. The van der Waals surface area contributed by atoms with Crippen molar-refractivity contribution in [3.63, 3.8) is 0 Å². The van der Waals surface area contributed by atoms with E-state index in [2.05, 4.69) is 38.1 Å². The molecule has 0 bridgehead atoms. The summed E-state index contributed by atoms with van der Waals surface area (Å²) in [7, 11) is 0. The maximum atomic E-state index is 13.9. The second kappa shape index (κ2) is 6.82. The van der Waals surface area contributed by atoms with E-state index in [1.54, 1.807) is 12.4 Å². The number of H-pyrrole nitrogens is 1. The summed E-state index contributed by atoms with van der Waals surface area (Å²) in [6.07, 6.45) is 5.11. The largest absolute Gasteiger partial charge is 0.347 e. The van der Waals surface area contributed by atoms with Crippen LogP contribution in [0.5, 0.6) is 0 Å². The summed E-state index contributed by atoms with van der Waals surface area (Å²) < 4.78 is 14.6. The molecule has 0 aliphatic rings. The Morgan fingerprint density at radius 3 is 2.95 bits per heavy atom. The Labute approximate surface area is 120 Å². The lowest BCUT2D eigenvalue weighted by molar-refractivity contribution is 0.495. The van der Waals surface area contributed by atoms with Crippen molar-refractivity contribution >= 4 is 15.9 Å². The zero-order valence-electron chi connectivity index (χ0n) is 10.8. The van der Waals surface area contributed by atoms with E-state index in [9.17, 15) is 4.39 Å². The molecule has 1 atom stereocenters. The summed E-state index contributed by atoms with van der Waals surface area (Å²) in [6, 6.07) is 5.17. The summed E-state index contributed by atoms with van der Waals surface area (Å²) in [5.74, 6) is 0.653. The van der Waals surface area contributed by atoms with Gasteiger partial charge in [0.2, 0.25) is 0 Å². The summed E-state index contributed by atoms with van der Waals surface area (Å²) in [5.41, 5.74) is 0.688. The Balaban J connectivity index is 2.15. The molecule has 1 heterocycles. The van der Waals surface area contributed by atoms with Gasteiger partial charge in [0.1, 0.15) is 11.6 Å². The van der Waals surface area contributed by atoms with Crippen LogP contribution in [0.4, 0.5) is 4.39 Å². The minimum atomic E-state index is -0.191. The second-order valence-corrected chi connectivity index (χ2v) is 5.34. The minimum Gasteiger partial charge on any atom is -0.347 e. The van der Waals surface area contributed by atoms with E-state index in [1.807, 2.05) is 12.1 Å². The zero-order valence-corrected chi connectivity index (χ0v) is 12.4. The molecule has 0 spiro atoms. The molecule has 0 fully saturated rings. The van der Waals surface area contributed by atoms with Gasteiger partial charge in [0, 0.05) is 16.9 Å². The normalized spacial score (nSPS) is 12.6. The Kier molecular flexibility index (Phi) is 5.10. The number of nitrogens with zero attached hydrogens (tertiary/aromatic N) is 1. The van der Waals surface area contributed by atoms with Crippen molar-refractivity contribution in [2.24, 2.45) is 0 Å². The molecule has 0 amide bonds. The topological polar surface area (TPSA) is 40.7 Å². The molecule has 2 rings (SSSR count). The van der Waals surface area contributed by atoms with Gasteiger partial charge in [0.25, 0.3) is 0 Å². The molecule has 1 aromatic heterocycles. The van der Waals surface area contributed by atoms with E-state index in [0.717, 1.165) is 23.3 Å². The van der Waals surface area contributed by atoms with Gasteiger partial charge in [-0.15, -0.1) is 0 Å². The van der Waals surface area contributed by atoms with Gasteiger partial charge in [-0.3, -0.25) is 0 Å². The smallest absolute Gasteiger partial charge is 0.127 e. The van der Waals surface area contributed by atoms with Gasteiger partial charge in [-0.05, 0) is 37.1 Å². The van der Waals surface area contributed by atoms with Crippen molar-refractivity contribution in [1.29, 1.82) is 0 Å². The van der Waals surface area contributed by atoms with Gasteiger partial charge in [-0.25, -0.2) is 9.37 Å². The minimum absolute atomic E-state index is 0.00521. The molecule has 2 aromatic rings. The standard InChI is InChI=1S/C14H17BrFN3/c1-2-5-17-13(14-18-6-7-19-14)8-10-3-4-11(15)9-12(10)16/h3-4,6-7,9,13,17H,2,5,8H2,1H3,(H,18,19). The van der Waals surface area contributed by atoms with Gasteiger partial charge in [0.05, 0.1) is 6.04 Å². The predicted molar refractivity (Wildman–Crippen MR) is 77.4 cm³/mol. The first-order valence-electron chi connectivity index (χ1n) is 6.37. The van der Waals surface area contributed by atoms with E-state index < -0.39 is 0 Å². The van der Waals surface area contributed by atoms with Crippen molar-refractivity contribution in [2.75, 3.05) is 6.54 Å². The SMILES string of the molecule is CCCNC(Cc1ccc(Br)cc1F)c1ncc[nH]1. The first-order chi connectivity index (χ1) is 9.20. The lowest BCUT2D eigenvalue weighted by atomic mass is 10.0. The highest BCUT2D eigenvalue weighted by Crippen LogP contribution is 2.20. The van der Waals surface area contributed by atoms with Crippen LogP contribution in [0.1, 0.15) is 30.8 Å². The number of imidazole rings is 1. The Morgan fingerprint density at radius 2 is 2.32 bits per heavy atom. The molecule has 0 saturated carbocycles. The highest BCUT2D eigenvalue weighted by molar-refractivity contribution is 9.10. The van der Waals surface area contributed by atoms with E-state index in [0.29, 0.717) is 12.0 Å². The third-order valence-electron chi connectivity index (χ3n) is 2.93. The lowest BCUT2D eigenvalue weighted by Crippen LogP contribution is -2.25. The number of rotatable bonds is 6. The van der Waals surface area contributed by atoms with Crippen LogP contribution < -0.4 is 5.32 Å². The van der Waals surface area contributed by atoms with Crippen molar-refractivity contribution < 1.29 is 4.39 Å². The van der Waals surface area contributed by atoms with Gasteiger partial charge in [0.15, 0.2) is 0 Å². The second-order valence-electron chi connectivity index (χ2n) is 4.42. The number of nitrogens with one attached hydrogen (secondary N) is 2. The lowest BCUT2D eigenvalue weighted by Gasteiger charge is -2.17. The average molecular weight is 326 g/mol. The zero-order chi connectivity index (χ0) is 13.7. The van der Waals surface area contributed by atoms with Crippen LogP contribution in [0.3, 0.4) is 0 Å². The van der Waals surface area contributed by atoms with E-state index in [4.69, 9.17) is 0 Å². The third kappa shape index (κ3) is 3.88. The van der Waals surface area contributed by atoms with Crippen molar-refractivity contribution in [3.05, 3.63) is 52.3 Å². The Bertz CT molecular complexity index is 513. The summed E-state index contributed by atoms with van der Waals surface area (Å²) >= 11 is 3.27. The van der Waals surface area contributed by atoms with E-state index in [-0.39, 0.29) is 11.9 Å².